The minimum absolute atomic E-state index is 0.00642. The van der Waals surface area contributed by atoms with Gasteiger partial charge in [-0.15, -0.1) is 11.3 Å². The van der Waals surface area contributed by atoms with Gasteiger partial charge in [-0.25, -0.2) is 9.37 Å². The number of thiazole rings is 1. The maximum atomic E-state index is 14.1. The number of nitrogens with zero attached hydrogens (tertiary/aromatic N) is 3. The third-order valence-electron chi connectivity index (χ3n) is 4.53. The number of aliphatic imine (C=N–C) groups is 1. The van der Waals surface area contributed by atoms with Gasteiger partial charge in [-0.2, -0.15) is 0 Å². The lowest BCUT2D eigenvalue weighted by atomic mass is 9.84. The van der Waals surface area contributed by atoms with Crippen LogP contribution in [0.25, 0.3) is 0 Å². The molecule has 0 amide bonds. The molecular formula is C20H29FN4OS. The smallest absolute Gasteiger partial charge is 0.193 e. The zero-order chi connectivity index (χ0) is 20.0. The molecule has 7 heteroatoms. The summed E-state index contributed by atoms with van der Waals surface area (Å²) in [5, 5.41) is 6.36. The van der Waals surface area contributed by atoms with Crippen molar-refractivity contribution < 1.29 is 9.13 Å². The second-order valence-electron chi connectivity index (χ2n) is 7.18. The van der Waals surface area contributed by atoms with Crippen LogP contribution in [0.2, 0.25) is 0 Å². The van der Waals surface area contributed by atoms with Gasteiger partial charge in [0, 0.05) is 38.5 Å². The Morgan fingerprint density at radius 3 is 2.74 bits per heavy atom. The van der Waals surface area contributed by atoms with Crippen LogP contribution >= 0.6 is 11.3 Å². The van der Waals surface area contributed by atoms with E-state index in [1.807, 2.05) is 50.2 Å². The summed E-state index contributed by atoms with van der Waals surface area (Å²) in [6.07, 6.45) is -0.00642. The molecule has 0 aliphatic carbocycles. The van der Waals surface area contributed by atoms with E-state index in [0.717, 1.165) is 16.7 Å². The van der Waals surface area contributed by atoms with E-state index < -0.39 is 0 Å². The zero-order valence-corrected chi connectivity index (χ0v) is 17.7. The number of methoxy groups -OCH3 is 1. The summed E-state index contributed by atoms with van der Waals surface area (Å²) in [5.74, 6) is 0.559. The highest BCUT2D eigenvalue weighted by molar-refractivity contribution is 7.09. The molecule has 0 aliphatic heterocycles. The van der Waals surface area contributed by atoms with E-state index in [9.17, 15) is 4.39 Å². The SMILES string of the molecule is CN=C(NCC(C)(C)c1ccccc1F)N(C)Cc1csc(C(C)OC)n1. The van der Waals surface area contributed by atoms with E-state index in [-0.39, 0.29) is 17.3 Å². The zero-order valence-electron chi connectivity index (χ0n) is 16.9. The van der Waals surface area contributed by atoms with Crippen molar-refractivity contribution in [2.24, 2.45) is 4.99 Å². The first-order chi connectivity index (χ1) is 12.8. The number of halogens is 1. The molecule has 0 aliphatic rings. The summed E-state index contributed by atoms with van der Waals surface area (Å²) in [5.41, 5.74) is 1.29. The molecule has 2 aromatic rings. The summed E-state index contributed by atoms with van der Waals surface area (Å²) in [7, 11) is 5.39. The lowest BCUT2D eigenvalue weighted by Gasteiger charge is -2.29. The van der Waals surface area contributed by atoms with Gasteiger partial charge in [0.25, 0.3) is 0 Å². The molecule has 1 aromatic carbocycles. The molecule has 1 aromatic heterocycles. The molecule has 27 heavy (non-hydrogen) atoms. The van der Waals surface area contributed by atoms with Gasteiger partial charge < -0.3 is 15.0 Å². The Balaban J connectivity index is 2.00. The van der Waals surface area contributed by atoms with E-state index >= 15 is 0 Å². The molecule has 2 rings (SSSR count). The number of aromatic nitrogens is 1. The molecule has 0 spiro atoms. The van der Waals surface area contributed by atoms with Crippen molar-refractivity contribution in [3.8, 4) is 0 Å². The minimum atomic E-state index is -0.371. The Morgan fingerprint density at radius 1 is 1.41 bits per heavy atom. The molecule has 0 fully saturated rings. The monoisotopic (exact) mass is 392 g/mol. The lowest BCUT2D eigenvalue weighted by molar-refractivity contribution is 0.119. The number of hydrogen-bond acceptors (Lipinski definition) is 4. The van der Waals surface area contributed by atoms with Crippen LogP contribution in [0, 0.1) is 5.82 Å². The van der Waals surface area contributed by atoms with Gasteiger partial charge in [0.15, 0.2) is 5.96 Å². The first-order valence-corrected chi connectivity index (χ1v) is 9.80. The van der Waals surface area contributed by atoms with Gasteiger partial charge in [0.2, 0.25) is 0 Å². The van der Waals surface area contributed by atoms with Crippen molar-refractivity contribution in [3.05, 3.63) is 51.7 Å². The quantitative estimate of drug-likeness (QED) is 0.572. The minimum Gasteiger partial charge on any atom is -0.375 e. The number of benzene rings is 1. The van der Waals surface area contributed by atoms with Gasteiger partial charge >= 0.3 is 0 Å². The lowest BCUT2D eigenvalue weighted by Crippen LogP contribution is -2.44. The summed E-state index contributed by atoms with van der Waals surface area (Å²) in [6.45, 7) is 7.22. The van der Waals surface area contributed by atoms with Crippen LogP contribution in [-0.4, -0.2) is 43.6 Å². The van der Waals surface area contributed by atoms with Gasteiger partial charge in [-0.1, -0.05) is 32.0 Å². The summed E-state index contributed by atoms with van der Waals surface area (Å²) in [4.78, 5) is 11.0. The van der Waals surface area contributed by atoms with Crippen LogP contribution in [0.4, 0.5) is 4.39 Å². The maximum Gasteiger partial charge on any atom is 0.193 e. The fraction of sp³-hybridized carbons (Fsp3) is 0.500. The number of rotatable bonds is 7. The third kappa shape index (κ3) is 5.49. The topological polar surface area (TPSA) is 49.8 Å². The van der Waals surface area contributed by atoms with Crippen LogP contribution in [0.15, 0.2) is 34.6 Å². The van der Waals surface area contributed by atoms with Crippen LogP contribution in [-0.2, 0) is 16.7 Å². The molecule has 1 unspecified atom stereocenters. The molecule has 0 radical (unpaired) electrons. The highest BCUT2D eigenvalue weighted by Gasteiger charge is 2.24. The molecule has 0 saturated carbocycles. The first kappa shape index (κ1) is 21.3. The molecule has 148 valence electrons. The number of nitrogens with one attached hydrogen (secondary N) is 1. The van der Waals surface area contributed by atoms with E-state index in [1.165, 1.54) is 6.07 Å². The van der Waals surface area contributed by atoms with Gasteiger partial charge in [-0.3, -0.25) is 4.99 Å². The van der Waals surface area contributed by atoms with Crippen LogP contribution in [0.5, 0.6) is 0 Å². The van der Waals surface area contributed by atoms with Crippen LogP contribution in [0.1, 0.15) is 43.1 Å². The average molecular weight is 393 g/mol. The highest BCUT2D eigenvalue weighted by Crippen LogP contribution is 2.25. The summed E-state index contributed by atoms with van der Waals surface area (Å²) < 4.78 is 19.5. The molecule has 0 bridgehead atoms. The second-order valence-corrected chi connectivity index (χ2v) is 8.07. The van der Waals surface area contributed by atoms with Crippen LogP contribution in [0.3, 0.4) is 0 Å². The van der Waals surface area contributed by atoms with Gasteiger partial charge in [-0.05, 0) is 18.6 Å². The van der Waals surface area contributed by atoms with Gasteiger partial charge in [0.05, 0.1) is 12.2 Å². The van der Waals surface area contributed by atoms with Crippen molar-refractivity contribution in [3.63, 3.8) is 0 Å². The van der Waals surface area contributed by atoms with E-state index in [4.69, 9.17) is 4.74 Å². The second kappa shape index (κ2) is 9.28. The fourth-order valence-electron chi connectivity index (χ4n) is 2.79. The Labute approximate surface area is 165 Å². The Kier molecular flexibility index (Phi) is 7.33. The predicted molar refractivity (Wildman–Crippen MR) is 110 cm³/mol. The van der Waals surface area contributed by atoms with Crippen molar-refractivity contribution in [1.29, 1.82) is 0 Å². The Hall–Kier alpha value is -1.99. The van der Waals surface area contributed by atoms with Crippen molar-refractivity contribution >= 4 is 17.3 Å². The average Bonchev–Trinajstić information content (AvgIpc) is 3.10. The van der Waals surface area contributed by atoms with Crippen molar-refractivity contribution in [2.75, 3.05) is 27.7 Å². The molecule has 1 N–H and O–H groups in total. The van der Waals surface area contributed by atoms with Crippen molar-refractivity contribution in [2.45, 2.75) is 38.8 Å². The number of hydrogen-bond donors (Lipinski definition) is 1. The first-order valence-electron chi connectivity index (χ1n) is 8.92. The predicted octanol–water partition coefficient (Wildman–Crippen LogP) is 3.97. The molecule has 0 saturated heterocycles. The normalized spacial score (nSPS) is 13.5. The highest BCUT2D eigenvalue weighted by atomic mass is 32.1. The third-order valence-corrected chi connectivity index (χ3v) is 5.59. The number of guanidine groups is 1. The van der Waals surface area contributed by atoms with Crippen molar-refractivity contribution in [1.82, 2.24) is 15.2 Å². The fourth-order valence-corrected chi connectivity index (χ4v) is 3.63. The van der Waals surface area contributed by atoms with Gasteiger partial charge in [0.1, 0.15) is 16.9 Å². The van der Waals surface area contributed by atoms with Crippen LogP contribution < -0.4 is 5.32 Å². The molecule has 5 nitrogen and oxygen atoms in total. The molecule has 1 heterocycles. The Bertz CT molecular complexity index is 775. The summed E-state index contributed by atoms with van der Waals surface area (Å²) in [6, 6.07) is 6.90. The van der Waals surface area contributed by atoms with E-state index in [0.29, 0.717) is 18.7 Å². The van der Waals surface area contributed by atoms with E-state index in [2.05, 4.69) is 15.3 Å². The molecular weight excluding hydrogens is 363 g/mol. The largest absolute Gasteiger partial charge is 0.375 e. The Morgan fingerprint density at radius 2 is 2.11 bits per heavy atom. The summed E-state index contributed by atoms with van der Waals surface area (Å²) >= 11 is 1.60. The standard InChI is InChI=1S/C20H29FN4OS/c1-14(26-6)18-24-15(12-27-18)11-25(5)19(22-4)23-13-20(2,3)16-9-7-8-10-17(16)21/h7-10,12,14H,11,13H2,1-6H3,(H,22,23). The maximum absolute atomic E-state index is 14.1. The molecule has 1 atom stereocenters. The number of ether oxygens (including phenoxy) is 1. The van der Waals surface area contributed by atoms with E-state index in [1.54, 1.807) is 31.6 Å².